The number of ether oxygens (including phenoxy) is 1. The lowest BCUT2D eigenvalue weighted by Gasteiger charge is -2.21. The molecule has 28 heavy (non-hydrogen) atoms. The lowest BCUT2D eigenvalue weighted by Crippen LogP contribution is -2.45. The summed E-state index contributed by atoms with van der Waals surface area (Å²) in [5.74, 6) is -1.07. The van der Waals surface area contributed by atoms with Crippen LogP contribution in [0.15, 0.2) is 46.7 Å². The van der Waals surface area contributed by atoms with Crippen molar-refractivity contribution >= 4 is 28.2 Å². The maximum Gasteiger partial charge on any atom is 0.329 e. The quantitative estimate of drug-likeness (QED) is 0.644. The molecule has 1 unspecified atom stereocenters. The van der Waals surface area contributed by atoms with Crippen LogP contribution in [0.2, 0.25) is 0 Å². The monoisotopic (exact) mass is 399 g/mol. The molecule has 7 nitrogen and oxygen atoms in total. The van der Waals surface area contributed by atoms with Crippen LogP contribution in [0.3, 0.4) is 0 Å². The van der Waals surface area contributed by atoms with Gasteiger partial charge in [-0.1, -0.05) is 31.5 Å². The highest BCUT2D eigenvalue weighted by Gasteiger charge is 2.26. The van der Waals surface area contributed by atoms with Gasteiger partial charge in [0.1, 0.15) is 12.6 Å². The molecule has 1 aromatic carbocycles. The van der Waals surface area contributed by atoms with Gasteiger partial charge in [-0.15, -0.1) is 11.3 Å². The Morgan fingerprint density at radius 1 is 1.29 bits per heavy atom. The van der Waals surface area contributed by atoms with Gasteiger partial charge in [-0.3, -0.25) is 14.0 Å². The fraction of sp³-hybridized carbons (Fsp3) is 0.300. The molecule has 8 heteroatoms. The highest BCUT2D eigenvalue weighted by molar-refractivity contribution is 7.15. The topological polar surface area (TPSA) is 89.8 Å². The van der Waals surface area contributed by atoms with Crippen LogP contribution >= 0.6 is 11.3 Å². The molecule has 3 aromatic rings. The lowest BCUT2D eigenvalue weighted by atomic mass is 10.0. The minimum Gasteiger partial charge on any atom is -0.458 e. The number of benzene rings is 1. The highest BCUT2D eigenvalue weighted by atomic mass is 32.1. The summed E-state index contributed by atoms with van der Waals surface area (Å²) in [4.78, 5) is 41.9. The molecule has 0 bridgehead atoms. The molecule has 146 valence electrons. The Morgan fingerprint density at radius 2 is 2.07 bits per heavy atom. The van der Waals surface area contributed by atoms with Crippen LogP contribution in [0.5, 0.6) is 0 Å². The van der Waals surface area contributed by atoms with Crippen LogP contribution in [-0.4, -0.2) is 27.3 Å². The molecule has 0 fully saturated rings. The number of carbonyl (C=O) groups excluding carboxylic acids is 2. The fourth-order valence-electron chi connectivity index (χ4n) is 2.71. The third-order valence-corrected chi connectivity index (χ3v) is 4.96. The molecule has 1 atom stereocenters. The van der Waals surface area contributed by atoms with E-state index in [-0.39, 0.29) is 24.0 Å². The molecule has 0 saturated carbocycles. The first-order valence-corrected chi connectivity index (χ1v) is 9.73. The van der Waals surface area contributed by atoms with Crippen LogP contribution in [0.25, 0.3) is 4.96 Å². The van der Waals surface area contributed by atoms with Crippen LogP contribution in [0.1, 0.15) is 35.5 Å². The third-order valence-electron chi connectivity index (χ3n) is 4.21. The van der Waals surface area contributed by atoms with Gasteiger partial charge in [0.05, 0.1) is 5.69 Å². The molecule has 0 aliphatic rings. The Labute approximate surface area is 166 Å². The van der Waals surface area contributed by atoms with E-state index in [4.69, 9.17) is 4.74 Å². The van der Waals surface area contributed by atoms with E-state index in [0.29, 0.717) is 16.2 Å². The van der Waals surface area contributed by atoms with Gasteiger partial charge < -0.3 is 10.1 Å². The zero-order valence-electron chi connectivity index (χ0n) is 15.8. The Bertz CT molecular complexity index is 1070. The van der Waals surface area contributed by atoms with Gasteiger partial charge in [0.25, 0.3) is 11.5 Å². The number of esters is 1. The number of fused-ring (bicyclic) bond motifs is 1. The number of rotatable bonds is 6. The molecule has 2 heterocycles. The first-order chi connectivity index (χ1) is 13.3. The number of aryl methyl sites for hydroxylation is 1. The predicted molar refractivity (Wildman–Crippen MR) is 106 cm³/mol. The summed E-state index contributed by atoms with van der Waals surface area (Å²) in [5.41, 5.74) is 1.58. The third kappa shape index (κ3) is 4.45. The van der Waals surface area contributed by atoms with Gasteiger partial charge in [-0.2, -0.15) is 0 Å². The van der Waals surface area contributed by atoms with Gasteiger partial charge >= 0.3 is 5.97 Å². The minimum absolute atomic E-state index is 0.133. The first-order valence-electron chi connectivity index (χ1n) is 8.85. The lowest BCUT2D eigenvalue weighted by molar-refractivity contribution is -0.148. The van der Waals surface area contributed by atoms with Crippen molar-refractivity contribution in [1.29, 1.82) is 0 Å². The largest absolute Gasteiger partial charge is 0.458 e. The number of nitrogens with one attached hydrogen (secondary N) is 1. The van der Waals surface area contributed by atoms with Gasteiger partial charge in [0.2, 0.25) is 0 Å². The van der Waals surface area contributed by atoms with Crippen molar-refractivity contribution in [2.24, 2.45) is 5.92 Å². The second-order valence-electron chi connectivity index (χ2n) is 6.81. The van der Waals surface area contributed by atoms with Gasteiger partial charge in [-0.25, -0.2) is 9.78 Å². The smallest absolute Gasteiger partial charge is 0.329 e. The maximum atomic E-state index is 12.5. The van der Waals surface area contributed by atoms with E-state index in [9.17, 15) is 14.4 Å². The van der Waals surface area contributed by atoms with Crippen LogP contribution in [-0.2, 0) is 16.1 Å². The zero-order valence-corrected chi connectivity index (χ0v) is 16.7. The normalized spacial score (nSPS) is 12.1. The standard InChI is InChI=1S/C20H21N3O4S/c1-12(2)17(22-18(25)14-6-4-5-13(3)9-14)19(26)27-11-15-10-16(24)23-7-8-28-20(23)21-15/h4-10,12,17H,11H2,1-3H3,(H,22,25). The van der Waals surface area contributed by atoms with Gasteiger partial charge in [0, 0.05) is 23.2 Å². The van der Waals surface area contributed by atoms with Crippen molar-refractivity contribution < 1.29 is 14.3 Å². The van der Waals surface area contributed by atoms with E-state index in [1.165, 1.54) is 21.8 Å². The molecule has 0 radical (unpaired) electrons. The summed E-state index contributed by atoms with van der Waals surface area (Å²) in [5, 5.41) is 4.49. The maximum absolute atomic E-state index is 12.5. The average molecular weight is 399 g/mol. The number of aromatic nitrogens is 2. The van der Waals surface area contributed by atoms with Crippen LogP contribution in [0.4, 0.5) is 0 Å². The molecule has 0 aliphatic heterocycles. The van der Waals surface area contributed by atoms with Crippen LogP contribution in [0, 0.1) is 12.8 Å². The van der Waals surface area contributed by atoms with E-state index in [1.54, 1.807) is 29.8 Å². The second-order valence-corrected chi connectivity index (χ2v) is 7.69. The Hall–Kier alpha value is -3.00. The molecule has 1 amide bonds. The minimum atomic E-state index is -0.806. The van der Waals surface area contributed by atoms with Crippen molar-refractivity contribution in [3.05, 3.63) is 69.1 Å². The summed E-state index contributed by atoms with van der Waals surface area (Å²) in [6, 6.07) is 7.66. The summed E-state index contributed by atoms with van der Waals surface area (Å²) < 4.78 is 6.76. The molecular weight excluding hydrogens is 378 g/mol. The highest BCUT2D eigenvalue weighted by Crippen LogP contribution is 2.11. The average Bonchev–Trinajstić information content (AvgIpc) is 3.13. The molecule has 0 aliphatic carbocycles. The summed E-state index contributed by atoms with van der Waals surface area (Å²) in [6.07, 6.45) is 1.64. The summed E-state index contributed by atoms with van der Waals surface area (Å²) in [7, 11) is 0. The second kappa shape index (κ2) is 8.35. The van der Waals surface area contributed by atoms with E-state index < -0.39 is 12.0 Å². The first kappa shape index (κ1) is 19.8. The van der Waals surface area contributed by atoms with Crippen molar-refractivity contribution in [2.45, 2.75) is 33.4 Å². The van der Waals surface area contributed by atoms with Crippen molar-refractivity contribution in [1.82, 2.24) is 14.7 Å². The number of carbonyl (C=O) groups is 2. The van der Waals surface area contributed by atoms with Gasteiger partial charge in [0.15, 0.2) is 4.96 Å². The number of hydrogen-bond acceptors (Lipinski definition) is 6. The number of thiazole rings is 1. The molecule has 3 rings (SSSR count). The van der Waals surface area contributed by atoms with Crippen molar-refractivity contribution in [2.75, 3.05) is 0 Å². The Balaban J connectivity index is 1.68. The summed E-state index contributed by atoms with van der Waals surface area (Å²) in [6.45, 7) is 5.41. The van der Waals surface area contributed by atoms with Crippen molar-refractivity contribution in [3.8, 4) is 0 Å². The Morgan fingerprint density at radius 3 is 2.79 bits per heavy atom. The predicted octanol–water partition coefficient (Wildman–Crippen LogP) is 2.56. The molecular formula is C20H21N3O4S. The van der Waals surface area contributed by atoms with Crippen molar-refractivity contribution in [3.63, 3.8) is 0 Å². The molecule has 2 aromatic heterocycles. The van der Waals surface area contributed by atoms with Crippen LogP contribution < -0.4 is 10.9 Å². The SMILES string of the molecule is Cc1cccc(C(=O)NC(C(=O)OCc2cc(=O)n3ccsc3n2)C(C)C)c1. The van der Waals surface area contributed by atoms with E-state index in [0.717, 1.165) is 5.56 Å². The Kier molecular flexibility index (Phi) is 5.89. The van der Waals surface area contributed by atoms with E-state index in [2.05, 4.69) is 10.3 Å². The fourth-order valence-corrected chi connectivity index (χ4v) is 3.44. The number of hydrogen-bond donors (Lipinski definition) is 1. The molecule has 0 saturated heterocycles. The molecule has 1 N–H and O–H groups in total. The van der Waals surface area contributed by atoms with Gasteiger partial charge in [-0.05, 0) is 25.0 Å². The van der Waals surface area contributed by atoms with E-state index >= 15 is 0 Å². The number of nitrogens with zero attached hydrogens (tertiary/aromatic N) is 2. The molecule has 0 spiro atoms. The summed E-state index contributed by atoms with van der Waals surface area (Å²) >= 11 is 1.32. The number of amides is 1. The van der Waals surface area contributed by atoms with E-state index in [1.807, 2.05) is 26.8 Å². The zero-order chi connectivity index (χ0) is 20.3.